The fraction of sp³-hybridized carbons (Fsp3) is 0.200. The summed E-state index contributed by atoms with van der Waals surface area (Å²) in [7, 11) is 1.50. The Kier molecular flexibility index (Phi) is 5.10. The predicted octanol–water partition coefficient (Wildman–Crippen LogP) is 4.45. The van der Waals surface area contributed by atoms with Gasteiger partial charge >= 0.3 is 0 Å². The zero-order chi connectivity index (χ0) is 18.7. The summed E-state index contributed by atoms with van der Waals surface area (Å²) in [6, 6.07) is 9.58. The summed E-state index contributed by atoms with van der Waals surface area (Å²) < 4.78 is 32.6. The largest absolute Gasteiger partial charge is 0.380 e. The van der Waals surface area contributed by atoms with E-state index in [1.165, 1.54) is 31.5 Å². The Hall–Kier alpha value is -3.04. The number of benzene rings is 2. The maximum Gasteiger partial charge on any atom is 0.128 e. The number of rotatable bonds is 5. The van der Waals surface area contributed by atoms with Gasteiger partial charge in [-0.2, -0.15) is 5.26 Å². The highest BCUT2D eigenvalue weighted by Crippen LogP contribution is 2.29. The van der Waals surface area contributed by atoms with Crippen molar-refractivity contribution in [3.8, 4) is 6.07 Å². The first kappa shape index (κ1) is 17.8. The number of methoxy groups -OCH3 is 1. The summed E-state index contributed by atoms with van der Waals surface area (Å²) in [5.74, 6) is -0.723. The Labute approximate surface area is 150 Å². The van der Waals surface area contributed by atoms with Crippen LogP contribution in [0.25, 0.3) is 10.9 Å². The third-order valence-electron chi connectivity index (χ3n) is 4.13. The fourth-order valence-electron chi connectivity index (χ4n) is 2.91. The van der Waals surface area contributed by atoms with Gasteiger partial charge < -0.3 is 10.1 Å². The summed E-state index contributed by atoms with van der Waals surface area (Å²) in [5.41, 5.74) is 3.43. The van der Waals surface area contributed by atoms with Crippen LogP contribution in [0.2, 0.25) is 0 Å². The van der Waals surface area contributed by atoms with Gasteiger partial charge in [-0.25, -0.2) is 8.78 Å². The lowest BCUT2D eigenvalue weighted by Gasteiger charge is -2.13. The van der Waals surface area contributed by atoms with E-state index in [-0.39, 0.29) is 18.2 Å². The molecule has 0 amide bonds. The minimum atomic E-state index is -0.390. The number of hydrogen-bond donors (Lipinski definition) is 1. The van der Waals surface area contributed by atoms with Gasteiger partial charge in [0.1, 0.15) is 17.7 Å². The van der Waals surface area contributed by atoms with Crippen molar-refractivity contribution in [1.29, 1.82) is 5.26 Å². The monoisotopic (exact) mass is 353 g/mol. The van der Waals surface area contributed by atoms with Gasteiger partial charge in [-0.05, 0) is 42.3 Å². The highest BCUT2D eigenvalue weighted by atomic mass is 19.1. The highest BCUT2D eigenvalue weighted by Gasteiger charge is 2.12. The quantitative estimate of drug-likeness (QED) is 0.736. The van der Waals surface area contributed by atoms with Gasteiger partial charge in [0.05, 0.1) is 23.4 Å². The van der Waals surface area contributed by atoms with Gasteiger partial charge in [-0.3, -0.25) is 4.98 Å². The molecule has 0 spiro atoms. The molecule has 1 N–H and O–H groups in total. The van der Waals surface area contributed by atoms with Gasteiger partial charge in [-0.15, -0.1) is 0 Å². The maximum absolute atomic E-state index is 13.9. The summed E-state index contributed by atoms with van der Waals surface area (Å²) >= 11 is 0. The molecule has 0 saturated carbocycles. The van der Waals surface area contributed by atoms with Crippen LogP contribution in [0.1, 0.15) is 22.3 Å². The van der Waals surface area contributed by atoms with E-state index < -0.39 is 0 Å². The van der Waals surface area contributed by atoms with Gasteiger partial charge in [0.15, 0.2) is 0 Å². The molecule has 3 rings (SSSR count). The average molecular weight is 353 g/mol. The van der Waals surface area contributed by atoms with Crippen molar-refractivity contribution in [1.82, 2.24) is 4.98 Å². The standard InChI is InChI=1S/C20H17F2N3O/c1-12-5-16(21)7-17-19(12)25-10-15(8-23)20(17)24-9-13-3-4-18(22)14(6-13)11-26-2/h3-7,10H,9,11H2,1-2H3,(H,24,25). The van der Waals surface area contributed by atoms with E-state index >= 15 is 0 Å². The molecular weight excluding hydrogens is 336 g/mol. The molecule has 1 aromatic heterocycles. The molecule has 0 unspecified atom stereocenters. The number of hydrogen-bond acceptors (Lipinski definition) is 4. The van der Waals surface area contributed by atoms with Crippen molar-refractivity contribution < 1.29 is 13.5 Å². The van der Waals surface area contributed by atoms with E-state index in [2.05, 4.69) is 16.4 Å². The van der Waals surface area contributed by atoms with Crippen LogP contribution >= 0.6 is 0 Å². The van der Waals surface area contributed by atoms with E-state index in [0.29, 0.717) is 39.8 Å². The van der Waals surface area contributed by atoms with Gasteiger partial charge in [0, 0.05) is 30.8 Å². The molecule has 0 bridgehead atoms. The highest BCUT2D eigenvalue weighted by molar-refractivity contribution is 5.95. The third-order valence-corrected chi connectivity index (χ3v) is 4.13. The van der Waals surface area contributed by atoms with Crippen LogP contribution in [-0.4, -0.2) is 12.1 Å². The number of aryl methyl sites for hydroxylation is 1. The van der Waals surface area contributed by atoms with Crippen LogP contribution in [0.15, 0.2) is 36.5 Å². The number of nitrogens with zero attached hydrogens (tertiary/aromatic N) is 2. The molecule has 0 saturated heterocycles. The molecule has 0 aliphatic heterocycles. The average Bonchev–Trinajstić information content (AvgIpc) is 2.62. The number of ether oxygens (including phenoxy) is 1. The first-order valence-electron chi connectivity index (χ1n) is 8.02. The van der Waals surface area contributed by atoms with E-state index in [9.17, 15) is 14.0 Å². The lowest BCUT2D eigenvalue weighted by Crippen LogP contribution is -2.05. The minimum Gasteiger partial charge on any atom is -0.380 e. The van der Waals surface area contributed by atoms with E-state index in [4.69, 9.17) is 4.74 Å². The Bertz CT molecular complexity index is 1010. The van der Waals surface area contributed by atoms with Crippen LogP contribution in [0.5, 0.6) is 0 Å². The molecule has 1 heterocycles. The molecule has 0 fully saturated rings. The molecule has 3 aromatic rings. The topological polar surface area (TPSA) is 57.9 Å². The maximum atomic E-state index is 13.9. The first-order chi connectivity index (χ1) is 12.5. The number of anilines is 1. The minimum absolute atomic E-state index is 0.172. The summed E-state index contributed by atoms with van der Waals surface area (Å²) in [5, 5.41) is 13.1. The number of aromatic nitrogens is 1. The second-order valence-electron chi connectivity index (χ2n) is 5.99. The lowest BCUT2D eigenvalue weighted by molar-refractivity contribution is 0.181. The Morgan fingerprint density at radius 3 is 2.77 bits per heavy atom. The summed E-state index contributed by atoms with van der Waals surface area (Å²) in [4.78, 5) is 4.26. The van der Waals surface area contributed by atoms with Crippen LogP contribution in [0, 0.1) is 29.9 Å². The molecule has 4 nitrogen and oxygen atoms in total. The normalized spacial score (nSPS) is 10.7. The molecule has 0 radical (unpaired) electrons. The molecule has 6 heteroatoms. The van der Waals surface area contributed by atoms with Gasteiger partial charge in [0.2, 0.25) is 0 Å². The van der Waals surface area contributed by atoms with Crippen LogP contribution in [0.3, 0.4) is 0 Å². The molecule has 132 valence electrons. The number of fused-ring (bicyclic) bond motifs is 1. The number of halogens is 2. The van der Waals surface area contributed by atoms with Crippen molar-refractivity contribution in [3.63, 3.8) is 0 Å². The Morgan fingerprint density at radius 2 is 2.04 bits per heavy atom. The molecule has 0 aliphatic carbocycles. The van der Waals surface area contributed by atoms with E-state index in [1.54, 1.807) is 19.1 Å². The van der Waals surface area contributed by atoms with Crippen LogP contribution < -0.4 is 5.32 Å². The Balaban J connectivity index is 1.98. The zero-order valence-electron chi connectivity index (χ0n) is 14.4. The summed E-state index contributed by atoms with van der Waals surface area (Å²) in [6.07, 6.45) is 1.47. The van der Waals surface area contributed by atoms with Crippen LogP contribution in [0.4, 0.5) is 14.5 Å². The van der Waals surface area contributed by atoms with Crippen LogP contribution in [-0.2, 0) is 17.9 Å². The van der Waals surface area contributed by atoms with E-state index in [1.807, 2.05) is 0 Å². The van der Waals surface area contributed by atoms with Crippen molar-refractivity contribution in [2.45, 2.75) is 20.1 Å². The molecule has 2 aromatic carbocycles. The van der Waals surface area contributed by atoms with Crippen molar-refractivity contribution in [3.05, 3.63) is 70.4 Å². The smallest absolute Gasteiger partial charge is 0.128 e. The number of nitrogens with one attached hydrogen (secondary N) is 1. The number of pyridine rings is 1. The summed E-state index contributed by atoms with van der Waals surface area (Å²) in [6.45, 7) is 2.29. The molecule has 0 atom stereocenters. The molecule has 0 aliphatic rings. The van der Waals surface area contributed by atoms with Crippen molar-refractivity contribution >= 4 is 16.6 Å². The third kappa shape index (κ3) is 3.48. The second-order valence-corrected chi connectivity index (χ2v) is 5.99. The van der Waals surface area contributed by atoms with Gasteiger partial charge in [0.25, 0.3) is 0 Å². The van der Waals surface area contributed by atoms with Crippen molar-refractivity contribution in [2.75, 3.05) is 12.4 Å². The van der Waals surface area contributed by atoms with Gasteiger partial charge in [-0.1, -0.05) is 6.07 Å². The Morgan fingerprint density at radius 1 is 1.23 bits per heavy atom. The number of nitriles is 1. The second kappa shape index (κ2) is 7.46. The predicted molar refractivity (Wildman–Crippen MR) is 95.6 cm³/mol. The SMILES string of the molecule is COCc1cc(CNc2c(C#N)cnc3c(C)cc(F)cc23)ccc1F. The zero-order valence-corrected chi connectivity index (χ0v) is 14.4. The first-order valence-corrected chi connectivity index (χ1v) is 8.02. The molecular formula is C20H17F2N3O. The van der Waals surface area contributed by atoms with E-state index in [0.717, 1.165) is 5.56 Å². The molecule has 26 heavy (non-hydrogen) atoms. The lowest BCUT2D eigenvalue weighted by atomic mass is 10.1. The van der Waals surface area contributed by atoms with Crippen molar-refractivity contribution in [2.24, 2.45) is 0 Å². The fourth-order valence-corrected chi connectivity index (χ4v) is 2.91.